The van der Waals surface area contributed by atoms with Crippen LogP contribution >= 0.6 is 11.8 Å². The number of rotatable bonds is 5. The number of benzene rings is 1. The van der Waals surface area contributed by atoms with E-state index in [1.165, 1.54) is 4.90 Å². The predicted octanol–water partition coefficient (Wildman–Crippen LogP) is 3.03. The van der Waals surface area contributed by atoms with E-state index >= 15 is 0 Å². The van der Waals surface area contributed by atoms with Crippen LogP contribution in [0.1, 0.15) is 31.9 Å². The highest BCUT2D eigenvalue weighted by Gasteiger charge is 2.26. The minimum Gasteiger partial charge on any atom is -0.480 e. The number of anilines is 1. The van der Waals surface area contributed by atoms with Crippen LogP contribution in [0.15, 0.2) is 18.2 Å². The van der Waals surface area contributed by atoms with Crippen molar-refractivity contribution < 1.29 is 19.5 Å². The molecule has 1 aromatic carbocycles. The van der Waals surface area contributed by atoms with E-state index < -0.39 is 17.9 Å². The van der Waals surface area contributed by atoms with Crippen molar-refractivity contribution in [2.75, 3.05) is 17.2 Å². The van der Waals surface area contributed by atoms with E-state index in [-0.39, 0.29) is 16.8 Å². The van der Waals surface area contributed by atoms with E-state index in [1.807, 2.05) is 32.0 Å². The third-order valence-corrected chi connectivity index (χ3v) is 4.51. The Morgan fingerprint density at radius 2 is 1.65 bits per heavy atom. The number of amides is 1. The maximum Gasteiger partial charge on any atom is 0.323 e. The summed E-state index contributed by atoms with van der Waals surface area (Å²) < 4.78 is 0. The molecule has 0 spiro atoms. The molecule has 0 aromatic heterocycles. The molecule has 0 saturated carbocycles. The van der Waals surface area contributed by atoms with Crippen LogP contribution in [-0.2, 0) is 14.4 Å². The van der Waals surface area contributed by atoms with Crippen molar-refractivity contribution >= 4 is 34.4 Å². The second kappa shape index (κ2) is 7.64. The monoisotopic (exact) mass is 337 g/mol. The van der Waals surface area contributed by atoms with Gasteiger partial charge in [-0.2, -0.15) is 0 Å². The first-order chi connectivity index (χ1) is 10.5. The number of hydrogen-bond donors (Lipinski definition) is 1. The molecule has 0 saturated heterocycles. The summed E-state index contributed by atoms with van der Waals surface area (Å²) >= 11 is 0.930. The topological polar surface area (TPSA) is 74.7 Å². The van der Waals surface area contributed by atoms with E-state index in [1.54, 1.807) is 20.8 Å². The fourth-order valence-electron chi connectivity index (χ4n) is 2.08. The second-order valence-electron chi connectivity index (χ2n) is 6.44. The zero-order chi connectivity index (χ0) is 17.8. The molecule has 0 heterocycles. The van der Waals surface area contributed by atoms with Crippen LogP contribution in [0.25, 0.3) is 0 Å². The number of carboxylic acid groups (broad SMARTS) is 1. The molecule has 0 aliphatic rings. The second-order valence-corrected chi connectivity index (χ2v) is 7.39. The van der Waals surface area contributed by atoms with E-state index in [9.17, 15) is 14.4 Å². The molecule has 126 valence electrons. The fourth-order valence-corrected chi connectivity index (χ4v) is 2.92. The summed E-state index contributed by atoms with van der Waals surface area (Å²) in [4.78, 5) is 36.9. The lowest BCUT2D eigenvalue weighted by Gasteiger charge is -2.25. The van der Waals surface area contributed by atoms with Crippen LogP contribution in [-0.4, -0.2) is 34.4 Å². The molecule has 1 rings (SSSR count). The zero-order valence-corrected chi connectivity index (χ0v) is 15.0. The lowest BCUT2D eigenvalue weighted by molar-refractivity contribution is -0.136. The maximum atomic E-state index is 12.5. The number of para-hydroxylation sites is 1. The average molecular weight is 337 g/mol. The van der Waals surface area contributed by atoms with Gasteiger partial charge in [-0.15, -0.1) is 0 Å². The SMILES string of the molecule is Cc1cccc(C)c1N(CC(=O)O)C(=O)CSC(=O)C(C)(C)C. The van der Waals surface area contributed by atoms with Crippen LogP contribution in [0, 0.1) is 19.3 Å². The summed E-state index contributed by atoms with van der Waals surface area (Å²) in [5.74, 6) is -1.54. The molecule has 1 amide bonds. The number of thioether (sulfide) groups is 1. The van der Waals surface area contributed by atoms with Crippen molar-refractivity contribution in [1.29, 1.82) is 0 Å². The van der Waals surface area contributed by atoms with Gasteiger partial charge in [-0.25, -0.2) is 0 Å². The summed E-state index contributed by atoms with van der Waals surface area (Å²) in [6.45, 7) is 8.60. The van der Waals surface area contributed by atoms with Crippen LogP contribution in [0.2, 0.25) is 0 Å². The Hall–Kier alpha value is -1.82. The van der Waals surface area contributed by atoms with Crippen LogP contribution in [0.5, 0.6) is 0 Å². The maximum absolute atomic E-state index is 12.5. The smallest absolute Gasteiger partial charge is 0.323 e. The van der Waals surface area contributed by atoms with Crippen LogP contribution < -0.4 is 4.90 Å². The fraction of sp³-hybridized carbons (Fsp3) is 0.471. The molecular weight excluding hydrogens is 314 g/mol. The highest BCUT2D eigenvalue weighted by molar-refractivity contribution is 8.14. The molecule has 1 aromatic rings. The first-order valence-electron chi connectivity index (χ1n) is 7.29. The highest BCUT2D eigenvalue weighted by Crippen LogP contribution is 2.27. The van der Waals surface area contributed by atoms with Crippen molar-refractivity contribution in [2.24, 2.45) is 5.41 Å². The average Bonchev–Trinajstić information content (AvgIpc) is 2.41. The molecule has 0 aliphatic carbocycles. The van der Waals surface area contributed by atoms with Gasteiger partial charge in [-0.05, 0) is 25.0 Å². The van der Waals surface area contributed by atoms with Gasteiger partial charge in [0.15, 0.2) is 5.12 Å². The van der Waals surface area contributed by atoms with Crippen molar-refractivity contribution in [2.45, 2.75) is 34.6 Å². The molecule has 0 fully saturated rings. The Morgan fingerprint density at radius 1 is 1.13 bits per heavy atom. The Bertz CT molecular complexity index is 599. The van der Waals surface area contributed by atoms with Crippen LogP contribution in [0.4, 0.5) is 5.69 Å². The Labute approximate surface area is 141 Å². The van der Waals surface area contributed by atoms with Crippen molar-refractivity contribution in [3.05, 3.63) is 29.3 Å². The van der Waals surface area contributed by atoms with E-state index in [0.29, 0.717) is 5.69 Å². The summed E-state index contributed by atoms with van der Waals surface area (Å²) in [7, 11) is 0. The number of carbonyl (C=O) groups is 3. The standard InChI is InChI=1S/C17H23NO4S/c1-11-7-6-8-12(2)15(11)18(9-14(20)21)13(19)10-23-16(22)17(3,4)5/h6-8H,9-10H2,1-5H3,(H,20,21). The lowest BCUT2D eigenvalue weighted by atomic mass is 10.00. The lowest BCUT2D eigenvalue weighted by Crippen LogP contribution is -2.38. The number of carboxylic acids is 1. The van der Waals surface area contributed by atoms with E-state index in [2.05, 4.69) is 0 Å². The Balaban J connectivity index is 3.01. The van der Waals surface area contributed by atoms with E-state index in [0.717, 1.165) is 22.9 Å². The zero-order valence-electron chi connectivity index (χ0n) is 14.2. The molecule has 0 bridgehead atoms. The van der Waals surface area contributed by atoms with Crippen molar-refractivity contribution in [3.63, 3.8) is 0 Å². The first-order valence-corrected chi connectivity index (χ1v) is 8.28. The minimum absolute atomic E-state index is 0.0723. The molecule has 0 radical (unpaired) electrons. The summed E-state index contributed by atoms with van der Waals surface area (Å²) in [6, 6.07) is 5.52. The Morgan fingerprint density at radius 3 is 2.09 bits per heavy atom. The number of aryl methyl sites for hydroxylation is 2. The molecule has 1 N–H and O–H groups in total. The summed E-state index contributed by atoms with van der Waals surface area (Å²) in [6.07, 6.45) is 0. The molecule has 0 atom stereocenters. The third-order valence-electron chi connectivity index (χ3n) is 3.24. The van der Waals surface area contributed by atoms with Crippen molar-refractivity contribution in [1.82, 2.24) is 0 Å². The van der Waals surface area contributed by atoms with Crippen LogP contribution in [0.3, 0.4) is 0 Å². The molecular formula is C17H23NO4S. The summed E-state index contributed by atoms with van der Waals surface area (Å²) in [5.41, 5.74) is 1.71. The van der Waals surface area contributed by atoms with Gasteiger partial charge in [-0.3, -0.25) is 19.3 Å². The number of hydrogen-bond acceptors (Lipinski definition) is 4. The predicted molar refractivity (Wildman–Crippen MR) is 92.8 cm³/mol. The van der Waals surface area contributed by atoms with Gasteiger partial charge in [-0.1, -0.05) is 50.7 Å². The van der Waals surface area contributed by atoms with Gasteiger partial charge >= 0.3 is 5.97 Å². The first kappa shape index (κ1) is 19.2. The van der Waals surface area contributed by atoms with Gasteiger partial charge < -0.3 is 5.11 Å². The molecule has 0 unspecified atom stereocenters. The van der Waals surface area contributed by atoms with Crippen molar-refractivity contribution in [3.8, 4) is 0 Å². The largest absolute Gasteiger partial charge is 0.480 e. The normalized spacial score (nSPS) is 11.2. The third kappa shape index (κ3) is 5.39. The highest BCUT2D eigenvalue weighted by atomic mass is 32.2. The molecule has 23 heavy (non-hydrogen) atoms. The van der Waals surface area contributed by atoms with Gasteiger partial charge in [0.1, 0.15) is 6.54 Å². The van der Waals surface area contributed by atoms with E-state index in [4.69, 9.17) is 5.11 Å². The molecule has 0 aliphatic heterocycles. The van der Waals surface area contributed by atoms with Gasteiger partial charge in [0.05, 0.1) is 11.4 Å². The van der Waals surface area contributed by atoms with Gasteiger partial charge in [0.25, 0.3) is 0 Å². The Kier molecular flexibility index (Phi) is 6.38. The summed E-state index contributed by atoms with van der Waals surface area (Å²) in [5, 5.41) is 9.02. The minimum atomic E-state index is -1.09. The number of carbonyl (C=O) groups excluding carboxylic acids is 2. The quantitative estimate of drug-likeness (QED) is 0.894. The van der Waals surface area contributed by atoms with Gasteiger partial charge in [0.2, 0.25) is 5.91 Å². The van der Waals surface area contributed by atoms with Gasteiger partial charge in [0, 0.05) is 5.41 Å². The molecule has 5 nitrogen and oxygen atoms in total. The number of aliphatic carboxylic acids is 1. The number of nitrogens with zero attached hydrogens (tertiary/aromatic N) is 1. The molecule has 6 heteroatoms.